The number of carbonyl (C=O) groups excluding carboxylic acids is 1. The molecule has 1 aromatic carbocycles. The van der Waals surface area contributed by atoms with Crippen molar-refractivity contribution in [1.29, 1.82) is 0 Å². The summed E-state index contributed by atoms with van der Waals surface area (Å²) in [6.45, 7) is -2.35. The van der Waals surface area contributed by atoms with Crippen LogP contribution < -0.4 is 15.8 Å². The Labute approximate surface area is 199 Å². The smallest absolute Gasteiger partial charge is 0.422 e. The van der Waals surface area contributed by atoms with E-state index >= 15 is 0 Å². The Morgan fingerprint density at radius 2 is 2.00 bits per heavy atom. The molecule has 0 saturated carbocycles. The molecule has 196 valence electrons. The summed E-state index contributed by atoms with van der Waals surface area (Å²) in [4.78, 5) is 31.8. The third-order valence-corrected chi connectivity index (χ3v) is 4.59. The van der Waals surface area contributed by atoms with Gasteiger partial charge in [0.1, 0.15) is 24.9 Å². The molecule has 0 saturated heterocycles. The lowest BCUT2D eigenvalue weighted by molar-refractivity contribution is -0.154. The topological polar surface area (TPSA) is 149 Å². The van der Waals surface area contributed by atoms with Crippen LogP contribution in [0, 0.1) is 5.82 Å². The average Bonchev–Trinajstić information content (AvgIpc) is 2.88. The number of hydrogen-bond acceptors (Lipinski definition) is 8. The van der Waals surface area contributed by atoms with Gasteiger partial charge in [-0.1, -0.05) is 0 Å². The number of aliphatic imine (C=N–C) groups is 1. The minimum atomic E-state index is -4.63. The Kier molecular flexibility index (Phi) is 8.80. The highest BCUT2D eigenvalue weighted by atomic mass is 19.4. The highest BCUT2D eigenvalue weighted by Gasteiger charge is 2.54. The maximum Gasteiger partial charge on any atom is 0.422 e. The zero-order chi connectivity index (χ0) is 27.1. The summed E-state index contributed by atoms with van der Waals surface area (Å²) in [6.07, 6.45) is -2.81. The number of carbonyl (C=O) groups is 2. The SMILES string of the molecule is C[C@]1(c2cc(NC(=O)c3cncc(OCC(F)(F)F)n3)ccc2F)N=C(N)COCC1(F)F.O=CO. The van der Waals surface area contributed by atoms with E-state index < -0.39 is 59.7 Å². The van der Waals surface area contributed by atoms with Gasteiger partial charge < -0.3 is 25.6 Å². The van der Waals surface area contributed by atoms with Crippen LogP contribution in [-0.2, 0) is 15.1 Å². The van der Waals surface area contributed by atoms with Crippen LogP contribution in [0.15, 0.2) is 35.6 Å². The minimum absolute atomic E-state index is 0.115. The van der Waals surface area contributed by atoms with E-state index in [1.165, 1.54) is 0 Å². The average molecular weight is 523 g/mol. The molecule has 1 atom stereocenters. The molecule has 3 rings (SSSR count). The number of alkyl halides is 5. The first-order valence-corrected chi connectivity index (χ1v) is 9.73. The number of benzene rings is 1. The fourth-order valence-electron chi connectivity index (χ4n) is 2.94. The Balaban J connectivity index is 0.00000145. The number of nitrogens with zero attached hydrogens (tertiary/aromatic N) is 3. The second-order valence-corrected chi connectivity index (χ2v) is 7.27. The van der Waals surface area contributed by atoms with Crippen LogP contribution in [0.5, 0.6) is 5.88 Å². The van der Waals surface area contributed by atoms with E-state index in [0.29, 0.717) is 0 Å². The van der Waals surface area contributed by atoms with Gasteiger partial charge in [-0.15, -0.1) is 0 Å². The number of amides is 1. The first kappa shape index (κ1) is 28.3. The van der Waals surface area contributed by atoms with Crippen LogP contribution in [0.4, 0.5) is 32.0 Å². The first-order chi connectivity index (χ1) is 16.7. The molecule has 0 fully saturated rings. The molecular weight excluding hydrogens is 504 g/mol. The number of nitrogens with one attached hydrogen (secondary N) is 1. The molecule has 16 heteroatoms. The molecule has 2 heterocycles. The molecule has 4 N–H and O–H groups in total. The van der Waals surface area contributed by atoms with Gasteiger partial charge in [0.2, 0.25) is 5.88 Å². The third kappa shape index (κ3) is 7.03. The lowest BCUT2D eigenvalue weighted by atomic mass is 9.85. The van der Waals surface area contributed by atoms with Gasteiger partial charge in [-0.05, 0) is 25.1 Å². The maximum atomic E-state index is 14.8. The molecule has 1 aliphatic heterocycles. The molecule has 2 aromatic rings. The summed E-state index contributed by atoms with van der Waals surface area (Å²) < 4.78 is 90.2. The number of hydrogen-bond donors (Lipinski definition) is 3. The zero-order valence-corrected chi connectivity index (χ0v) is 18.4. The van der Waals surface area contributed by atoms with Crippen LogP contribution in [0.1, 0.15) is 23.0 Å². The Morgan fingerprint density at radius 3 is 2.64 bits per heavy atom. The molecule has 36 heavy (non-hydrogen) atoms. The van der Waals surface area contributed by atoms with Gasteiger partial charge in [-0.25, -0.2) is 18.2 Å². The number of halogens is 6. The maximum absolute atomic E-state index is 14.8. The van der Waals surface area contributed by atoms with Gasteiger partial charge in [0.25, 0.3) is 18.3 Å². The van der Waals surface area contributed by atoms with E-state index in [0.717, 1.165) is 37.5 Å². The van der Waals surface area contributed by atoms with Crippen LogP contribution in [0.3, 0.4) is 0 Å². The van der Waals surface area contributed by atoms with Crippen molar-refractivity contribution < 1.29 is 50.5 Å². The van der Waals surface area contributed by atoms with Crippen LogP contribution in [0.2, 0.25) is 0 Å². The largest absolute Gasteiger partial charge is 0.483 e. The quantitative estimate of drug-likeness (QED) is 0.400. The lowest BCUT2D eigenvalue weighted by Gasteiger charge is -2.33. The van der Waals surface area contributed by atoms with E-state index in [1.807, 2.05) is 0 Å². The minimum Gasteiger partial charge on any atom is -0.483 e. The molecule has 0 unspecified atom stereocenters. The summed E-state index contributed by atoms with van der Waals surface area (Å²) >= 11 is 0. The van der Waals surface area contributed by atoms with Crippen molar-refractivity contribution >= 4 is 23.9 Å². The van der Waals surface area contributed by atoms with Gasteiger partial charge in [-0.2, -0.15) is 13.2 Å². The van der Waals surface area contributed by atoms with Crippen molar-refractivity contribution in [2.45, 2.75) is 24.6 Å². The number of amidine groups is 1. The summed E-state index contributed by atoms with van der Waals surface area (Å²) in [5, 5.41) is 9.18. The van der Waals surface area contributed by atoms with E-state index in [1.54, 1.807) is 0 Å². The highest BCUT2D eigenvalue weighted by molar-refractivity contribution is 6.02. The van der Waals surface area contributed by atoms with Gasteiger partial charge in [0.15, 0.2) is 17.8 Å². The molecule has 1 aromatic heterocycles. The molecule has 1 aliphatic rings. The molecule has 0 bridgehead atoms. The molecule has 10 nitrogen and oxygen atoms in total. The van der Waals surface area contributed by atoms with Gasteiger partial charge in [0.05, 0.1) is 12.4 Å². The summed E-state index contributed by atoms with van der Waals surface area (Å²) in [5.74, 6) is -6.46. The molecule has 0 spiro atoms. The van der Waals surface area contributed by atoms with Crippen molar-refractivity contribution in [2.24, 2.45) is 10.7 Å². The van der Waals surface area contributed by atoms with E-state index in [2.05, 4.69) is 25.0 Å². The number of anilines is 1. The fraction of sp³-hybridized carbons (Fsp3) is 0.350. The molecular formula is C20H19F6N5O5. The monoisotopic (exact) mass is 523 g/mol. The van der Waals surface area contributed by atoms with Crippen molar-refractivity contribution in [3.63, 3.8) is 0 Å². The van der Waals surface area contributed by atoms with Gasteiger partial charge >= 0.3 is 6.18 Å². The summed E-state index contributed by atoms with van der Waals surface area (Å²) in [7, 11) is 0. The Bertz CT molecular complexity index is 1130. The third-order valence-electron chi connectivity index (χ3n) is 4.59. The van der Waals surface area contributed by atoms with Crippen LogP contribution >= 0.6 is 0 Å². The highest BCUT2D eigenvalue weighted by Crippen LogP contribution is 2.44. The number of ether oxygens (including phenoxy) is 2. The van der Waals surface area contributed by atoms with Crippen LogP contribution in [0.25, 0.3) is 0 Å². The van der Waals surface area contributed by atoms with Crippen molar-refractivity contribution in [3.05, 3.63) is 47.7 Å². The van der Waals surface area contributed by atoms with Gasteiger partial charge in [0, 0.05) is 11.3 Å². The number of nitrogens with two attached hydrogens (primary N) is 1. The van der Waals surface area contributed by atoms with Gasteiger partial charge in [-0.3, -0.25) is 19.6 Å². The normalized spacial score (nSPS) is 19.1. The van der Waals surface area contributed by atoms with E-state index in [4.69, 9.17) is 20.4 Å². The standard InChI is InChI=1S/C19H17F6N5O3.CH2O2/c1-17(18(21,22)8-32-7-14(26)30-17)11-4-10(2-3-12(11)20)28-16(31)13-5-27-6-15(29-13)33-9-19(23,24)25;2-1-3/h2-6H,7-9H2,1H3,(H2,26,30)(H,28,31);1H,(H,2,3)/t17-;/m1./s1. The summed E-state index contributed by atoms with van der Waals surface area (Å²) in [6, 6.07) is 2.88. The van der Waals surface area contributed by atoms with Crippen molar-refractivity contribution in [1.82, 2.24) is 9.97 Å². The zero-order valence-electron chi connectivity index (χ0n) is 18.4. The second kappa shape index (κ2) is 11.2. The molecule has 0 radical (unpaired) electrons. The first-order valence-electron chi connectivity index (χ1n) is 9.73. The Hall–Kier alpha value is -3.95. The molecule has 0 aliphatic carbocycles. The molecule has 1 amide bonds. The van der Waals surface area contributed by atoms with Crippen molar-refractivity contribution in [3.8, 4) is 5.88 Å². The van der Waals surface area contributed by atoms with E-state index in [9.17, 15) is 31.1 Å². The Morgan fingerprint density at radius 1 is 1.33 bits per heavy atom. The number of carboxylic acid groups (broad SMARTS) is 1. The lowest BCUT2D eigenvalue weighted by Crippen LogP contribution is -2.45. The van der Waals surface area contributed by atoms with E-state index in [-0.39, 0.29) is 24.6 Å². The van der Waals surface area contributed by atoms with Crippen LogP contribution in [-0.4, -0.2) is 65.2 Å². The van der Waals surface area contributed by atoms with Crippen molar-refractivity contribution in [2.75, 3.05) is 25.1 Å². The second-order valence-electron chi connectivity index (χ2n) is 7.27. The number of aromatic nitrogens is 2. The predicted molar refractivity (Wildman–Crippen MR) is 111 cm³/mol. The summed E-state index contributed by atoms with van der Waals surface area (Å²) in [5.41, 5.74) is 2.03. The predicted octanol–water partition coefficient (Wildman–Crippen LogP) is 2.75. The number of rotatable bonds is 5. The fourth-order valence-corrected chi connectivity index (χ4v) is 2.94.